The van der Waals surface area contributed by atoms with Crippen LogP contribution in [-0.2, 0) is 28.8 Å². The van der Waals surface area contributed by atoms with Crippen LogP contribution in [0.25, 0.3) is 0 Å². The first-order chi connectivity index (χ1) is 15.7. The van der Waals surface area contributed by atoms with Crippen molar-refractivity contribution in [1.29, 1.82) is 0 Å². The molecule has 5 amide bonds. The molecule has 0 saturated carbocycles. The highest BCUT2D eigenvalue weighted by Gasteiger charge is 2.31. The SMILES string of the molecule is CC(N)C(=O)NC(CCC(N)=O)C(=O)NC(CC(N)=O)C(=O)NC(CCCN=C(N)N)C(=O)O. The van der Waals surface area contributed by atoms with Crippen LogP contribution in [0, 0.1) is 0 Å². The molecule has 0 aromatic carbocycles. The van der Waals surface area contributed by atoms with Crippen molar-refractivity contribution in [2.45, 2.75) is 63.2 Å². The predicted molar refractivity (Wildman–Crippen MR) is 119 cm³/mol. The molecule has 0 aromatic rings. The van der Waals surface area contributed by atoms with E-state index in [-0.39, 0.29) is 38.2 Å². The van der Waals surface area contributed by atoms with E-state index in [0.717, 1.165) is 0 Å². The molecule has 14 N–H and O–H groups in total. The van der Waals surface area contributed by atoms with Gasteiger partial charge in [-0.3, -0.25) is 29.0 Å². The maximum atomic E-state index is 12.7. The summed E-state index contributed by atoms with van der Waals surface area (Å²) in [5.74, 6) is -5.91. The van der Waals surface area contributed by atoms with E-state index in [1.165, 1.54) is 6.92 Å². The maximum Gasteiger partial charge on any atom is 0.326 e. The minimum absolute atomic E-state index is 0.0548. The Morgan fingerprint density at radius 2 is 1.32 bits per heavy atom. The number of hydrogen-bond acceptors (Lipinski definition) is 8. The van der Waals surface area contributed by atoms with Gasteiger partial charge in [-0.2, -0.15) is 0 Å². The van der Waals surface area contributed by atoms with Crippen LogP contribution in [0.3, 0.4) is 0 Å². The second-order valence-corrected chi connectivity index (χ2v) is 7.43. The zero-order valence-corrected chi connectivity index (χ0v) is 18.8. The number of carboxylic acid groups (broad SMARTS) is 1. The van der Waals surface area contributed by atoms with Gasteiger partial charge in [0.15, 0.2) is 5.96 Å². The summed E-state index contributed by atoms with van der Waals surface area (Å²) >= 11 is 0. The fraction of sp³-hybridized carbons (Fsp3) is 0.611. The van der Waals surface area contributed by atoms with Gasteiger partial charge in [0.1, 0.15) is 18.1 Å². The molecule has 192 valence electrons. The van der Waals surface area contributed by atoms with E-state index in [4.69, 9.17) is 28.7 Å². The van der Waals surface area contributed by atoms with E-state index in [1.807, 2.05) is 0 Å². The average molecular weight is 488 g/mol. The number of carbonyl (C=O) groups is 6. The molecule has 34 heavy (non-hydrogen) atoms. The Morgan fingerprint density at radius 1 is 0.794 bits per heavy atom. The van der Waals surface area contributed by atoms with Gasteiger partial charge in [0.05, 0.1) is 12.5 Å². The molecule has 16 heteroatoms. The van der Waals surface area contributed by atoms with Crippen LogP contribution >= 0.6 is 0 Å². The molecule has 0 aliphatic heterocycles. The van der Waals surface area contributed by atoms with Crippen molar-refractivity contribution in [3.63, 3.8) is 0 Å². The van der Waals surface area contributed by atoms with Crippen molar-refractivity contribution >= 4 is 41.5 Å². The Bertz CT molecular complexity index is 797. The van der Waals surface area contributed by atoms with Crippen LogP contribution in [0.5, 0.6) is 0 Å². The Morgan fingerprint density at radius 3 is 1.79 bits per heavy atom. The molecule has 0 spiro atoms. The van der Waals surface area contributed by atoms with Gasteiger partial charge in [-0.1, -0.05) is 0 Å². The molecule has 0 aromatic heterocycles. The van der Waals surface area contributed by atoms with Gasteiger partial charge in [0.25, 0.3) is 0 Å². The number of nitrogens with one attached hydrogen (secondary N) is 3. The molecule has 0 heterocycles. The van der Waals surface area contributed by atoms with Gasteiger partial charge < -0.3 is 49.7 Å². The highest BCUT2D eigenvalue weighted by molar-refractivity contribution is 5.96. The number of hydrogen-bond donors (Lipinski definition) is 9. The number of nitrogens with zero attached hydrogens (tertiary/aromatic N) is 1. The molecule has 4 unspecified atom stereocenters. The number of rotatable bonds is 16. The fourth-order valence-corrected chi connectivity index (χ4v) is 2.57. The van der Waals surface area contributed by atoms with Gasteiger partial charge in [0, 0.05) is 13.0 Å². The monoisotopic (exact) mass is 487 g/mol. The van der Waals surface area contributed by atoms with E-state index in [1.54, 1.807) is 0 Å². The minimum atomic E-state index is -1.56. The summed E-state index contributed by atoms with van der Waals surface area (Å²) in [6.45, 7) is 1.48. The molecule has 0 saturated heterocycles. The second-order valence-electron chi connectivity index (χ2n) is 7.43. The molecule has 0 aliphatic rings. The van der Waals surface area contributed by atoms with Crippen molar-refractivity contribution in [1.82, 2.24) is 16.0 Å². The minimum Gasteiger partial charge on any atom is -0.480 e. The molecule has 0 fully saturated rings. The second kappa shape index (κ2) is 15.0. The fourth-order valence-electron chi connectivity index (χ4n) is 2.57. The summed E-state index contributed by atoms with van der Waals surface area (Å²) in [5.41, 5.74) is 26.1. The summed E-state index contributed by atoms with van der Waals surface area (Å²) in [6.07, 6.45) is -1.00. The summed E-state index contributed by atoms with van der Waals surface area (Å²) in [7, 11) is 0. The first kappa shape index (κ1) is 30.0. The van der Waals surface area contributed by atoms with Crippen molar-refractivity contribution in [3.05, 3.63) is 0 Å². The standard InChI is InChI=1S/C18H33N9O7/c1-8(19)14(30)25-9(4-5-12(20)28)15(31)27-11(7-13(21)29)16(32)26-10(17(33)34)3-2-6-24-18(22)23/h8-11H,2-7,19H2,1H3,(H2,20,28)(H2,21,29)(H,25,30)(H,26,32)(H,27,31)(H,33,34)(H4,22,23,24). The number of nitrogens with two attached hydrogens (primary N) is 5. The number of aliphatic imine (C=N–C) groups is 1. The first-order valence-corrected chi connectivity index (χ1v) is 10.3. The van der Waals surface area contributed by atoms with E-state index >= 15 is 0 Å². The third kappa shape index (κ3) is 12.8. The number of carboxylic acids is 1. The zero-order chi connectivity index (χ0) is 26.4. The summed E-state index contributed by atoms with van der Waals surface area (Å²) in [5, 5.41) is 16.1. The third-order valence-electron chi connectivity index (χ3n) is 4.32. The maximum absolute atomic E-state index is 12.7. The Balaban J connectivity index is 5.44. The Labute approximate surface area is 195 Å². The van der Waals surface area contributed by atoms with E-state index in [2.05, 4.69) is 20.9 Å². The van der Waals surface area contributed by atoms with Crippen molar-refractivity contribution in [3.8, 4) is 0 Å². The first-order valence-electron chi connectivity index (χ1n) is 10.3. The zero-order valence-electron chi connectivity index (χ0n) is 18.8. The molecular formula is C18H33N9O7. The molecule has 0 radical (unpaired) electrons. The van der Waals surface area contributed by atoms with Crippen molar-refractivity contribution in [2.75, 3.05) is 6.54 Å². The summed E-state index contributed by atoms with van der Waals surface area (Å²) in [4.78, 5) is 75.0. The van der Waals surface area contributed by atoms with Gasteiger partial charge in [-0.25, -0.2) is 4.79 Å². The summed E-state index contributed by atoms with van der Waals surface area (Å²) < 4.78 is 0. The van der Waals surface area contributed by atoms with Crippen LogP contribution in [0.15, 0.2) is 4.99 Å². The molecule has 0 rings (SSSR count). The highest BCUT2D eigenvalue weighted by Crippen LogP contribution is 2.04. The van der Waals surface area contributed by atoms with E-state index in [0.29, 0.717) is 0 Å². The lowest BCUT2D eigenvalue weighted by atomic mass is 10.1. The van der Waals surface area contributed by atoms with Crippen molar-refractivity contribution < 1.29 is 33.9 Å². The van der Waals surface area contributed by atoms with Gasteiger partial charge in [0.2, 0.25) is 29.5 Å². The van der Waals surface area contributed by atoms with Crippen LogP contribution < -0.4 is 44.6 Å². The predicted octanol–water partition coefficient (Wildman–Crippen LogP) is -4.93. The molecule has 16 nitrogen and oxygen atoms in total. The number of aliphatic carboxylic acids is 1. The van der Waals surface area contributed by atoms with Gasteiger partial charge in [-0.15, -0.1) is 0 Å². The Kier molecular flexibility index (Phi) is 13.2. The largest absolute Gasteiger partial charge is 0.480 e. The quantitative estimate of drug-likeness (QED) is 0.0567. The van der Waals surface area contributed by atoms with Crippen molar-refractivity contribution in [2.24, 2.45) is 33.7 Å². The number of guanidine groups is 1. The smallest absolute Gasteiger partial charge is 0.326 e. The lowest BCUT2D eigenvalue weighted by molar-refractivity contribution is -0.142. The van der Waals surface area contributed by atoms with E-state index < -0.39 is 66.1 Å². The number of carbonyl (C=O) groups excluding carboxylic acids is 5. The normalized spacial score (nSPS) is 13.9. The lowest BCUT2D eigenvalue weighted by Crippen LogP contribution is -2.57. The Hall–Kier alpha value is -3.95. The van der Waals surface area contributed by atoms with E-state index in [9.17, 15) is 33.9 Å². The third-order valence-corrected chi connectivity index (χ3v) is 4.32. The highest BCUT2D eigenvalue weighted by atomic mass is 16.4. The molecular weight excluding hydrogens is 454 g/mol. The average Bonchev–Trinajstić information content (AvgIpc) is 2.71. The topological polar surface area (TPSA) is 301 Å². The van der Waals surface area contributed by atoms with Crippen LogP contribution in [-0.4, -0.2) is 77.3 Å². The molecule has 0 bridgehead atoms. The summed E-state index contributed by atoms with van der Waals surface area (Å²) in [6, 6.07) is -5.24. The van der Waals surface area contributed by atoms with Crippen LogP contribution in [0.4, 0.5) is 0 Å². The molecule has 4 atom stereocenters. The number of primary amides is 2. The van der Waals surface area contributed by atoms with Crippen LogP contribution in [0.2, 0.25) is 0 Å². The number of amides is 5. The van der Waals surface area contributed by atoms with Gasteiger partial charge in [-0.05, 0) is 26.2 Å². The van der Waals surface area contributed by atoms with Gasteiger partial charge >= 0.3 is 5.97 Å². The lowest BCUT2D eigenvalue weighted by Gasteiger charge is -2.24. The molecule has 0 aliphatic carbocycles. The van der Waals surface area contributed by atoms with Crippen LogP contribution in [0.1, 0.15) is 39.0 Å².